The summed E-state index contributed by atoms with van der Waals surface area (Å²) >= 11 is 1.78. The molecule has 0 unspecified atom stereocenters. The molecule has 0 aliphatic carbocycles. The fourth-order valence-corrected chi connectivity index (χ4v) is 10.9. The Hall–Kier alpha value is -10.2. The lowest BCUT2D eigenvalue weighted by Crippen LogP contribution is -2.16. The number of aromatic nitrogens is 8. The Labute approximate surface area is 442 Å². The summed E-state index contributed by atoms with van der Waals surface area (Å²) in [6.45, 7) is 0. The van der Waals surface area contributed by atoms with E-state index in [1.807, 2.05) is 122 Å². The average molecular weight is 997 g/mol. The third-order valence-corrected chi connectivity index (χ3v) is 14.4. The molecule has 0 spiro atoms. The van der Waals surface area contributed by atoms with Crippen molar-refractivity contribution in [1.82, 2.24) is 39.9 Å². The number of anilines is 6. The summed E-state index contributed by atoms with van der Waals surface area (Å²) in [4.78, 5) is 46.1. The van der Waals surface area contributed by atoms with Crippen molar-refractivity contribution in [2.75, 3.05) is 9.80 Å². The van der Waals surface area contributed by atoms with Crippen LogP contribution in [0.4, 0.5) is 34.1 Å². The summed E-state index contributed by atoms with van der Waals surface area (Å²) in [5.74, 6) is 2.48. The zero-order valence-electron chi connectivity index (χ0n) is 40.4. The molecule has 12 heteroatoms. The fourth-order valence-electron chi connectivity index (χ4n) is 9.81. The predicted molar refractivity (Wildman–Crippen MR) is 300 cm³/mol. The number of hydrogen-bond donors (Lipinski definition) is 0. The van der Waals surface area contributed by atoms with Crippen molar-refractivity contribution in [1.29, 1.82) is 0 Å². The van der Waals surface area contributed by atoms with E-state index in [9.17, 15) is 0 Å². The van der Waals surface area contributed by atoms with Gasteiger partial charge in [0.1, 0.15) is 11.4 Å². The molecule has 0 fully saturated rings. The van der Waals surface area contributed by atoms with E-state index in [4.69, 9.17) is 34.6 Å². The summed E-state index contributed by atoms with van der Waals surface area (Å²) in [7, 11) is 0. The Kier molecular flexibility index (Phi) is 11.1. The molecule has 76 heavy (non-hydrogen) atoms. The molecule has 0 N–H and O–H groups in total. The zero-order valence-corrected chi connectivity index (χ0v) is 41.2. The molecule has 0 bridgehead atoms. The number of benzene rings is 6. The molecule has 0 saturated carbocycles. The maximum absolute atomic E-state index is 6.57. The van der Waals surface area contributed by atoms with Crippen molar-refractivity contribution in [3.63, 3.8) is 0 Å². The van der Waals surface area contributed by atoms with Gasteiger partial charge in [-0.1, -0.05) is 72.4 Å². The van der Waals surface area contributed by atoms with Crippen LogP contribution in [-0.2, 0) is 0 Å². The summed E-state index contributed by atoms with van der Waals surface area (Å²) in [5, 5.41) is 0. The number of rotatable bonds is 9. The third kappa shape index (κ3) is 8.34. The Morgan fingerprint density at radius 2 is 0.724 bits per heavy atom. The first-order valence-corrected chi connectivity index (χ1v) is 25.5. The Balaban J connectivity index is 1.05. The second-order valence-electron chi connectivity index (χ2n) is 18.1. The van der Waals surface area contributed by atoms with Crippen molar-refractivity contribution < 1.29 is 4.74 Å². The predicted octanol–water partition coefficient (Wildman–Crippen LogP) is 16.0. The van der Waals surface area contributed by atoms with E-state index in [2.05, 4.69) is 117 Å². The van der Waals surface area contributed by atoms with Gasteiger partial charge in [0, 0.05) is 80.6 Å². The molecule has 14 rings (SSSR count). The van der Waals surface area contributed by atoms with Crippen molar-refractivity contribution >= 4 is 45.9 Å². The van der Waals surface area contributed by atoms with Crippen LogP contribution < -0.4 is 14.5 Å². The van der Waals surface area contributed by atoms with Crippen LogP contribution in [0.1, 0.15) is 0 Å². The monoisotopic (exact) mass is 996 g/mol. The van der Waals surface area contributed by atoms with Gasteiger partial charge in [-0.25, -0.2) is 19.9 Å². The van der Waals surface area contributed by atoms with Crippen LogP contribution in [0.25, 0.3) is 79.2 Å². The SMILES string of the molecule is c1ccc(-c2nc(-c3cccnc3)cc(-c3cc(-c4cc(-c5cc(-c6cccnc6)nc(-c6ccccn6)n5)cc(N5c6ccccc6Sc6ccccc65)c4)cc(N4c5ccccc5Oc5ccccc54)c3)n2)nc1. The highest BCUT2D eigenvalue weighted by Gasteiger charge is 2.29. The molecule has 0 saturated heterocycles. The minimum absolute atomic E-state index is 0.493. The lowest BCUT2D eigenvalue weighted by atomic mass is 9.95. The van der Waals surface area contributed by atoms with Crippen LogP contribution >= 0.6 is 11.8 Å². The van der Waals surface area contributed by atoms with E-state index in [1.54, 1.807) is 36.5 Å². The third-order valence-electron chi connectivity index (χ3n) is 13.3. The van der Waals surface area contributed by atoms with Crippen molar-refractivity contribution in [3.05, 3.63) is 243 Å². The van der Waals surface area contributed by atoms with Crippen molar-refractivity contribution in [3.8, 4) is 90.7 Å². The van der Waals surface area contributed by atoms with Gasteiger partial charge in [0.25, 0.3) is 0 Å². The molecular formula is C64H40N10OS. The highest BCUT2D eigenvalue weighted by molar-refractivity contribution is 7.99. The molecule has 6 aromatic heterocycles. The summed E-state index contributed by atoms with van der Waals surface area (Å²) < 4.78 is 6.57. The van der Waals surface area contributed by atoms with E-state index in [0.29, 0.717) is 34.4 Å². The second-order valence-corrected chi connectivity index (χ2v) is 19.2. The lowest BCUT2D eigenvalue weighted by molar-refractivity contribution is 0.477. The van der Waals surface area contributed by atoms with E-state index in [0.717, 1.165) is 100 Å². The van der Waals surface area contributed by atoms with Gasteiger partial charge in [-0.2, -0.15) is 0 Å². The molecule has 0 atom stereocenters. The van der Waals surface area contributed by atoms with Crippen LogP contribution in [0, 0.1) is 0 Å². The first kappa shape index (κ1) is 44.5. The van der Waals surface area contributed by atoms with Gasteiger partial charge in [0.2, 0.25) is 0 Å². The van der Waals surface area contributed by atoms with Crippen LogP contribution in [0.5, 0.6) is 11.5 Å². The van der Waals surface area contributed by atoms with E-state index in [-0.39, 0.29) is 0 Å². The minimum Gasteiger partial charge on any atom is -0.453 e. The quantitative estimate of drug-likeness (QED) is 0.137. The van der Waals surface area contributed by atoms with E-state index >= 15 is 0 Å². The van der Waals surface area contributed by atoms with Gasteiger partial charge in [-0.3, -0.25) is 19.9 Å². The standard InChI is InChI=1S/C64H40N10OS/c1-5-23-59-55(19-1)73(56-20-2-6-24-60(56)75-59)47-33-43(31-45(35-47)53-37-51(41-15-13-27-65-39-41)69-63(71-53)49-17-9-11-29-67-49)44-32-46(36-48(34-44)74-57-21-3-7-25-61(57)76-62-26-8-4-22-58(62)74)54-38-52(42-16-14-28-66-40-42)70-64(72-54)50-18-10-12-30-68-50/h1-40H. The van der Waals surface area contributed by atoms with Crippen molar-refractivity contribution in [2.24, 2.45) is 0 Å². The van der Waals surface area contributed by atoms with Gasteiger partial charge >= 0.3 is 0 Å². The normalized spacial score (nSPS) is 12.2. The zero-order chi connectivity index (χ0) is 50.4. The molecular weight excluding hydrogens is 957 g/mol. The first-order chi connectivity index (χ1) is 37.6. The number of para-hydroxylation sites is 6. The van der Waals surface area contributed by atoms with Crippen LogP contribution in [-0.4, -0.2) is 39.9 Å². The Bertz CT molecular complexity index is 3670. The first-order valence-electron chi connectivity index (χ1n) is 24.7. The molecule has 2 aliphatic heterocycles. The molecule has 12 aromatic rings. The molecule has 6 aromatic carbocycles. The fraction of sp³-hybridized carbons (Fsp3) is 0. The highest BCUT2D eigenvalue weighted by atomic mass is 32.2. The molecule has 11 nitrogen and oxygen atoms in total. The van der Waals surface area contributed by atoms with E-state index < -0.39 is 0 Å². The van der Waals surface area contributed by atoms with Gasteiger partial charge in [0.15, 0.2) is 23.1 Å². The average Bonchev–Trinajstić information content (AvgIpc) is 3.55. The summed E-state index contributed by atoms with van der Waals surface area (Å²) in [5.41, 5.74) is 15.3. The smallest absolute Gasteiger partial charge is 0.179 e. The summed E-state index contributed by atoms with van der Waals surface area (Å²) in [6, 6.07) is 70.4. The maximum atomic E-state index is 6.57. The largest absolute Gasteiger partial charge is 0.453 e. The molecule has 358 valence electrons. The maximum Gasteiger partial charge on any atom is 0.179 e. The van der Waals surface area contributed by atoms with Crippen molar-refractivity contribution in [2.45, 2.75) is 9.79 Å². The number of pyridine rings is 4. The number of nitrogens with zero attached hydrogens (tertiary/aromatic N) is 10. The molecule has 8 heterocycles. The van der Waals surface area contributed by atoms with Crippen LogP contribution in [0.3, 0.4) is 0 Å². The van der Waals surface area contributed by atoms with Gasteiger partial charge in [-0.05, 0) is 157 Å². The van der Waals surface area contributed by atoms with Gasteiger partial charge in [0.05, 0.1) is 45.5 Å². The number of ether oxygens (including phenoxy) is 1. The van der Waals surface area contributed by atoms with E-state index in [1.165, 1.54) is 0 Å². The summed E-state index contributed by atoms with van der Waals surface area (Å²) in [6.07, 6.45) is 10.7. The van der Waals surface area contributed by atoms with Crippen LogP contribution in [0.2, 0.25) is 0 Å². The molecule has 2 aliphatic rings. The van der Waals surface area contributed by atoms with Crippen LogP contribution in [0.15, 0.2) is 253 Å². The van der Waals surface area contributed by atoms with Gasteiger partial charge < -0.3 is 14.5 Å². The van der Waals surface area contributed by atoms with Gasteiger partial charge in [-0.15, -0.1) is 0 Å². The number of hydrogen-bond acceptors (Lipinski definition) is 12. The highest BCUT2D eigenvalue weighted by Crippen LogP contribution is 2.54. The molecule has 0 amide bonds. The molecule has 0 radical (unpaired) electrons. The topological polar surface area (TPSA) is 119 Å². The minimum atomic E-state index is 0.493. The Morgan fingerprint density at radius 3 is 1.17 bits per heavy atom. The lowest BCUT2D eigenvalue weighted by Gasteiger charge is -2.34. The second kappa shape index (κ2) is 19.0. The number of fused-ring (bicyclic) bond motifs is 4. The Morgan fingerprint density at radius 1 is 0.316 bits per heavy atom.